The van der Waals surface area contributed by atoms with E-state index in [0.29, 0.717) is 25.2 Å². The van der Waals surface area contributed by atoms with Crippen LogP contribution in [0.1, 0.15) is 56.1 Å². The Morgan fingerprint density at radius 2 is 1.69 bits per heavy atom. The second-order valence-electron chi connectivity index (χ2n) is 11.3. The van der Waals surface area contributed by atoms with Crippen molar-refractivity contribution in [1.82, 2.24) is 10.3 Å². The van der Waals surface area contributed by atoms with Crippen molar-refractivity contribution in [1.29, 1.82) is 0 Å². The third kappa shape index (κ3) is 7.58. The lowest BCUT2D eigenvalue weighted by Crippen LogP contribution is -2.38. The first-order valence-electron chi connectivity index (χ1n) is 14.3. The quantitative estimate of drug-likeness (QED) is 0.261. The van der Waals surface area contributed by atoms with Gasteiger partial charge in [-0.15, -0.1) is 0 Å². The number of hydrogen-bond donors (Lipinski definition) is 1. The lowest BCUT2D eigenvalue weighted by molar-refractivity contribution is 0.199. The zero-order valence-corrected chi connectivity index (χ0v) is 24.3. The van der Waals surface area contributed by atoms with Gasteiger partial charge in [0.15, 0.2) is 0 Å². The number of rotatable bonds is 12. The highest BCUT2D eigenvalue weighted by Gasteiger charge is 2.29. The molecule has 1 N–H and O–H groups in total. The largest absolute Gasteiger partial charge is 0.493 e. The fourth-order valence-electron chi connectivity index (χ4n) is 5.36. The van der Waals surface area contributed by atoms with E-state index in [2.05, 4.69) is 62.2 Å². The number of halogens is 1. The van der Waals surface area contributed by atoms with Crippen molar-refractivity contribution in [2.75, 3.05) is 44.9 Å². The first-order valence-corrected chi connectivity index (χ1v) is 14.3. The van der Waals surface area contributed by atoms with E-state index in [4.69, 9.17) is 14.5 Å². The van der Waals surface area contributed by atoms with E-state index in [1.165, 1.54) is 41.8 Å². The van der Waals surface area contributed by atoms with Crippen molar-refractivity contribution in [2.45, 2.75) is 59.9 Å². The molecule has 6 heteroatoms. The van der Waals surface area contributed by atoms with E-state index in [0.717, 1.165) is 60.7 Å². The van der Waals surface area contributed by atoms with E-state index in [1.807, 2.05) is 12.1 Å². The lowest BCUT2D eigenvalue weighted by Gasteiger charge is -2.40. The van der Waals surface area contributed by atoms with Crippen LogP contribution < -0.4 is 15.0 Å². The van der Waals surface area contributed by atoms with Crippen LogP contribution in [0.25, 0.3) is 11.1 Å². The first kappa shape index (κ1) is 29.0. The molecule has 0 aliphatic carbocycles. The van der Waals surface area contributed by atoms with Gasteiger partial charge in [-0.25, -0.2) is 4.39 Å². The van der Waals surface area contributed by atoms with Crippen LogP contribution in [-0.4, -0.2) is 44.9 Å². The summed E-state index contributed by atoms with van der Waals surface area (Å²) in [6.07, 6.45) is 4.04. The smallest absolute Gasteiger partial charge is 0.123 e. The molecule has 1 fully saturated rings. The predicted octanol–water partition coefficient (Wildman–Crippen LogP) is 6.74. The summed E-state index contributed by atoms with van der Waals surface area (Å²) in [7, 11) is 1.73. The van der Waals surface area contributed by atoms with Crippen molar-refractivity contribution >= 4 is 5.69 Å². The topological polar surface area (TPSA) is 46.6 Å². The van der Waals surface area contributed by atoms with Crippen LogP contribution in [0.4, 0.5) is 10.1 Å². The van der Waals surface area contributed by atoms with Gasteiger partial charge in [-0.2, -0.15) is 0 Å². The normalized spacial score (nSPS) is 15.0. The standard InChI is InChI=1S/C33H44FN3O2/c1-6-29-24(2)36-30(23-35-18-22-38-5)31(32(29)37-19-16-33(3,4)17-20-37)26-9-13-28(14-10-26)39-21-15-25-7-11-27(34)12-8-25/h7-14,35H,6,15-23H2,1-5H3. The average Bonchev–Trinajstić information content (AvgIpc) is 2.92. The Kier molecular flexibility index (Phi) is 9.98. The summed E-state index contributed by atoms with van der Waals surface area (Å²) < 4.78 is 24.5. The summed E-state index contributed by atoms with van der Waals surface area (Å²) >= 11 is 0. The van der Waals surface area contributed by atoms with Gasteiger partial charge in [-0.1, -0.05) is 45.0 Å². The molecular weight excluding hydrogens is 489 g/mol. The molecule has 210 valence electrons. The zero-order valence-electron chi connectivity index (χ0n) is 24.3. The molecule has 4 rings (SSSR count). The van der Waals surface area contributed by atoms with E-state index < -0.39 is 0 Å². The van der Waals surface area contributed by atoms with Crippen molar-refractivity contribution < 1.29 is 13.9 Å². The van der Waals surface area contributed by atoms with Gasteiger partial charge in [0, 0.05) is 51.0 Å². The number of anilines is 1. The number of hydrogen-bond acceptors (Lipinski definition) is 5. The number of aryl methyl sites for hydroxylation is 1. The number of aromatic nitrogens is 1. The highest BCUT2D eigenvalue weighted by atomic mass is 19.1. The first-order chi connectivity index (χ1) is 18.8. The van der Waals surface area contributed by atoms with E-state index in [-0.39, 0.29) is 5.82 Å². The fraction of sp³-hybridized carbons (Fsp3) is 0.485. The third-order valence-electron chi connectivity index (χ3n) is 7.83. The van der Waals surface area contributed by atoms with Crippen LogP contribution in [0.2, 0.25) is 0 Å². The van der Waals surface area contributed by atoms with E-state index in [1.54, 1.807) is 7.11 Å². The zero-order chi connectivity index (χ0) is 27.8. The molecule has 0 radical (unpaired) electrons. The fourth-order valence-corrected chi connectivity index (χ4v) is 5.36. The molecule has 1 aromatic heterocycles. The van der Waals surface area contributed by atoms with Gasteiger partial charge in [-0.3, -0.25) is 4.98 Å². The summed E-state index contributed by atoms with van der Waals surface area (Å²) in [5, 5.41) is 3.52. The van der Waals surface area contributed by atoms with Gasteiger partial charge < -0.3 is 19.7 Å². The van der Waals surface area contributed by atoms with Gasteiger partial charge >= 0.3 is 0 Å². The summed E-state index contributed by atoms with van der Waals surface area (Å²) in [5.41, 5.74) is 8.69. The molecule has 39 heavy (non-hydrogen) atoms. The minimum Gasteiger partial charge on any atom is -0.493 e. The summed E-state index contributed by atoms with van der Waals surface area (Å²) in [6, 6.07) is 15.0. The van der Waals surface area contributed by atoms with E-state index in [9.17, 15) is 4.39 Å². The second-order valence-corrected chi connectivity index (χ2v) is 11.3. The average molecular weight is 534 g/mol. The van der Waals surface area contributed by atoms with Gasteiger partial charge in [0.05, 0.1) is 24.6 Å². The summed E-state index contributed by atoms with van der Waals surface area (Å²) in [4.78, 5) is 7.72. The predicted molar refractivity (Wildman–Crippen MR) is 158 cm³/mol. The third-order valence-corrected chi connectivity index (χ3v) is 7.83. The SMILES string of the molecule is CCc1c(C)nc(CNCCOC)c(-c2ccc(OCCc3ccc(F)cc3)cc2)c1N1CCC(C)(C)CC1. The molecular formula is C33H44FN3O2. The summed E-state index contributed by atoms with van der Waals surface area (Å²) in [6.45, 7) is 13.9. The molecule has 1 aliphatic rings. The molecule has 0 atom stereocenters. The van der Waals surface area contributed by atoms with Crippen LogP contribution in [0.5, 0.6) is 5.75 Å². The molecule has 0 spiro atoms. The molecule has 2 heterocycles. The maximum atomic E-state index is 13.2. The minimum atomic E-state index is -0.215. The van der Waals surface area contributed by atoms with Crippen LogP contribution in [-0.2, 0) is 24.1 Å². The monoisotopic (exact) mass is 533 g/mol. The maximum absolute atomic E-state index is 13.2. The van der Waals surface area contributed by atoms with Crippen LogP contribution in [0.15, 0.2) is 48.5 Å². The molecule has 5 nitrogen and oxygen atoms in total. The van der Waals surface area contributed by atoms with Crippen molar-refractivity contribution in [3.8, 4) is 16.9 Å². The Morgan fingerprint density at radius 3 is 2.33 bits per heavy atom. The maximum Gasteiger partial charge on any atom is 0.123 e. The molecule has 2 aromatic carbocycles. The highest BCUT2D eigenvalue weighted by molar-refractivity contribution is 5.84. The second kappa shape index (κ2) is 13.4. The Balaban J connectivity index is 1.62. The molecule has 0 saturated carbocycles. The Hall–Kier alpha value is -2.96. The minimum absolute atomic E-state index is 0.215. The molecule has 3 aromatic rings. The number of piperidine rings is 1. The van der Waals surface area contributed by atoms with E-state index >= 15 is 0 Å². The highest BCUT2D eigenvalue weighted by Crippen LogP contribution is 2.42. The van der Waals surface area contributed by atoms with Crippen molar-refractivity contribution in [3.05, 3.63) is 76.9 Å². The number of ether oxygens (including phenoxy) is 2. The summed E-state index contributed by atoms with van der Waals surface area (Å²) in [5.74, 6) is 0.616. The molecule has 1 aliphatic heterocycles. The Morgan fingerprint density at radius 1 is 1.00 bits per heavy atom. The molecule has 0 bridgehead atoms. The van der Waals surface area contributed by atoms with Gasteiger partial charge in [-0.05, 0) is 72.6 Å². The van der Waals surface area contributed by atoms with Crippen LogP contribution in [0, 0.1) is 18.2 Å². The molecule has 1 saturated heterocycles. The number of pyridine rings is 1. The van der Waals surface area contributed by atoms with Crippen molar-refractivity contribution in [3.63, 3.8) is 0 Å². The van der Waals surface area contributed by atoms with Gasteiger partial charge in [0.2, 0.25) is 0 Å². The number of nitrogens with zero attached hydrogens (tertiary/aromatic N) is 2. The van der Waals surface area contributed by atoms with Gasteiger partial charge in [0.1, 0.15) is 11.6 Å². The molecule has 0 amide bonds. The number of benzene rings is 2. The Bertz CT molecular complexity index is 1200. The lowest BCUT2D eigenvalue weighted by atomic mass is 9.82. The molecule has 0 unspecified atom stereocenters. The van der Waals surface area contributed by atoms with Gasteiger partial charge in [0.25, 0.3) is 0 Å². The number of nitrogens with one attached hydrogen (secondary N) is 1. The number of methoxy groups -OCH3 is 1. The van der Waals surface area contributed by atoms with Crippen LogP contribution in [0.3, 0.4) is 0 Å². The van der Waals surface area contributed by atoms with Crippen molar-refractivity contribution in [2.24, 2.45) is 5.41 Å². The Labute approximate surface area is 233 Å². The van der Waals surface area contributed by atoms with Crippen LogP contribution >= 0.6 is 0 Å².